The highest BCUT2D eigenvalue weighted by molar-refractivity contribution is 9.10. The Balaban J connectivity index is 2.33. The highest BCUT2D eigenvalue weighted by atomic mass is 79.9. The second-order valence-corrected chi connectivity index (χ2v) is 7.41. The van der Waals surface area contributed by atoms with Crippen LogP contribution in [0, 0.1) is 11.3 Å². The molecule has 0 saturated heterocycles. The third kappa shape index (κ3) is 3.16. The molecular formula is C13H15BrN2O2S. The predicted molar refractivity (Wildman–Crippen MR) is 75.9 cm³/mol. The second kappa shape index (κ2) is 6.04. The number of rotatable bonds is 4. The summed E-state index contributed by atoms with van der Waals surface area (Å²) in [6.45, 7) is -0.0803. The van der Waals surface area contributed by atoms with Crippen LogP contribution in [0.4, 0.5) is 0 Å². The molecule has 0 bridgehead atoms. The van der Waals surface area contributed by atoms with E-state index in [1.165, 1.54) is 4.31 Å². The lowest BCUT2D eigenvalue weighted by Gasteiger charge is -2.25. The maximum atomic E-state index is 12.6. The molecule has 1 aliphatic carbocycles. The molecule has 2 rings (SSSR count). The van der Waals surface area contributed by atoms with Crippen molar-refractivity contribution in [1.29, 1.82) is 5.26 Å². The molecule has 1 fully saturated rings. The van der Waals surface area contributed by atoms with Gasteiger partial charge in [-0.2, -0.15) is 9.57 Å². The first kappa shape index (κ1) is 14.5. The summed E-state index contributed by atoms with van der Waals surface area (Å²) in [7, 11) is -3.57. The van der Waals surface area contributed by atoms with E-state index < -0.39 is 10.0 Å². The van der Waals surface area contributed by atoms with Crippen molar-refractivity contribution in [2.45, 2.75) is 36.6 Å². The van der Waals surface area contributed by atoms with Crippen molar-refractivity contribution in [3.63, 3.8) is 0 Å². The average Bonchev–Trinajstić information content (AvgIpc) is 2.89. The van der Waals surface area contributed by atoms with E-state index in [1.54, 1.807) is 24.3 Å². The molecule has 0 radical (unpaired) electrons. The highest BCUT2D eigenvalue weighted by Gasteiger charge is 2.32. The lowest BCUT2D eigenvalue weighted by Crippen LogP contribution is -2.39. The number of benzene rings is 1. The van der Waals surface area contributed by atoms with Crippen molar-refractivity contribution in [2.75, 3.05) is 6.54 Å². The van der Waals surface area contributed by atoms with Crippen LogP contribution in [0.2, 0.25) is 0 Å². The van der Waals surface area contributed by atoms with E-state index in [-0.39, 0.29) is 17.5 Å². The zero-order chi connectivity index (χ0) is 13.9. The van der Waals surface area contributed by atoms with E-state index in [2.05, 4.69) is 15.9 Å². The van der Waals surface area contributed by atoms with Gasteiger partial charge in [-0.15, -0.1) is 0 Å². The number of hydrogen-bond donors (Lipinski definition) is 0. The fourth-order valence-electron chi connectivity index (χ4n) is 2.41. The Morgan fingerprint density at radius 2 is 1.84 bits per heavy atom. The molecule has 102 valence electrons. The minimum Gasteiger partial charge on any atom is -0.207 e. The van der Waals surface area contributed by atoms with E-state index in [0.717, 1.165) is 30.2 Å². The Bertz CT molecular complexity index is 572. The molecule has 19 heavy (non-hydrogen) atoms. The van der Waals surface area contributed by atoms with Crippen LogP contribution in [0.25, 0.3) is 0 Å². The minimum atomic E-state index is -3.57. The Labute approximate surface area is 122 Å². The molecule has 4 nitrogen and oxygen atoms in total. The van der Waals surface area contributed by atoms with Gasteiger partial charge in [0.2, 0.25) is 10.0 Å². The SMILES string of the molecule is N#CCN(C1CCCC1)S(=O)(=O)c1ccc(Br)cc1. The van der Waals surface area contributed by atoms with Gasteiger partial charge in [0.1, 0.15) is 6.54 Å². The monoisotopic (exact) mass is 342 g/mol. The summed E-state index contributed by atoms with van der Waals surface area (Å²) >= 11 is 3.29. The van der Waals surface area contributed by atoms with Crippen LogP contribution in [-0.4, -0.2) is 25.3 Å². The maximum Gasteiger partial charge on any atom is 0.244 e. The summed E-state index contributed by atoms with van der Waals surface area (Å²) in [5.41, 5.74) is 0. The summed E-state index contributed by atoms with van der Waals surface area (Å²) in [4.78, 5) is 0.248. The van der Waals surface area contributed by atoms with E-state index in [4.69, 9.17) is 5.26 Å². The average molecular weight is 343 g/mol. The number of sulfonamides is 1. The van der Waals surface area contributed by atoms with Crippen LogP contribution in [0.3, 0.4) is 0 Å². The Morgan fingerprint density at radius 3 is 2.37 bits per heavy atom. The van der Waals surface area contributed by atoms with Gasteiger partial charge >= 0.3 is 0 Å². The first-order chi connectivity index (χ1) is 9.05. The summed E-state index contributed by atoms with van der Waals surface area (Å²) in [5.74, 6) is 0. The number of nitriles is 1. The highest BCUT2D eigenvalue weighted by Crippen LogP contribution is 2.28. The molecule has 6 heteroatoms. The zero-order valence-corrected chi connectivity index (χ0v) is 12.8. The summed E-state index contributed by atoms with van der Waals surface area (Å²) in [6, 6.07) is 8.47. The van der Waals surface area contributed by atoms with Crippen LogP contribution in [0.15, 0.2) is 33.6 Å². The van der Waals surface area contributed by atoms with Crippen LogP contribution in [0.5, 0.6) is 0 Å². The molecule has 0 atom stereocenters. The van der Waals surface area contributed by atoms with Gasteiger partial charge < -0.3 is 0 Å². The third-order valence-electron chi connectivity index (χ3n) is 3.38. The van der Waals surface area contributed by atoms with E-state index in [1.807, 2.05) is 6.07 Å². The van der Waals surface area contributed by atoms with Crippen molar-refractivity contribution in [1.82, 2.24) is 4.31 Å². The molecule has 1 aromatic rings. The molecule has 1 aromatic carbocycles. The summed E-state index contributed by atoms with van der Waals surface area (Å²) in [6.07, 6.45) is 3.75. The lowest BCUT2D eigenvalue weighted by molar-refractivity contribution is 0.350. The van der Waals surface area contributed by atoms with Crippen LogP contribution >= 0.6 is 15.9 Å². The molecular weight excluding hydrogens is 328 g/mol. The van der Waals surface area contributed by atoms with Gasteiger partial charge in [-0.25, -0.2) is 8.42 Å². The van der Waals surface area contributed by atoms with E-state index >= 15 is 0 Å². The Hall–Kier alpha value is -0.900. The molecule has 0 amide bonds. The largest absolute Gasteiger partial charge is 0.244 e. The fraction of sp³-hybridized carbons (Fsp3) is 0.462. The molecule has 1 saturated carbocycles. The van der Waals surface area contributed by atoms with Gasteiger partial charge in [0.05, 0.1) is 11.0 Å². The Morgan fingerprint density at radius 1 is 1.26 bits per heavy atom. The summed E-state index contributed by atoms with van der Waals surface area (Å²) < 4.78 is 27.3. The molecule has 0 N–H and O–H groups in total. The number of nitrogens with zero attached hydrogens (tertiary/aromatic N) is 2. The quantitative estimate of drug-likeness (QED) is 0.790. The fourth-order valence-corrected chi connectivity index (χ4v) is 4.26. The van der Waals surface area contributed by atoms with Crippen molar-refractivity contribution in [2.24, 2.45) is 0 Å². The molecule has 1 aliphatic rings. The molecule has 0 unspecified atom stereocenters. The van der Waals surface area contributed by atoms with Gasteiger partial charge in [0.15, 0.2) is 0 Å². The minimum absolute atomic E-state index is 0.0340. The Kier molecular flexibility index (Phi) is 4.61. The number of hydrogen-bond acceptors (Lipinski definition) is 3. The number of halogens is 1. The van der Waals surface area contributed by atoms with Crippen molar-refractivity contribution < 1.29 is 8.42 Å². The van der Waals surface area contributed by atoms with Crippen LogP contribution in [-0.2, 0) is 10.0 Å². The smallest absolute Gasteiger partial charge is 0.207 e. The normalized spacial score (nSPS) is 16.7. The first-order valence-electron chi connectivity index (χ1n) is 6.20. The van der Waals surface area contributed by atoms with E-state index in [9.17, 15) is 8.42 Å². The van der Waals surface area contributed by atoms with Crippen molar-refractivity contribution in [3.05, 3.63) is 28.7 Å². The van der Waals surface area contributed by atoms with E-state index in [0.29, 0.717) is 0 Å². The van der Waals surface area contributed by atoms with Crippen LogP contribution in [0.1, 0.15) is 25.7 Å². The molecule has 0 aliphatic heterocycles. The maximum absolute atomic E-state index is 12.6. The molecule has 0 heterocycles. The molecule has 0 spiro atoms. The topological polar surface area (TPSA) is 61.2 Å². The standard InChI is InChI=1S/C13H15BrN2O2S/c14-11-5-7-13(8-6-11)19(17,18)16(10-9-15)12-3-1-2-4-12/h5-8,12H,1-4,10H2. The van der Waals surface area contributed by atoms with Crippen LogP contribution < -0.4 is 0 Å². The first-order valence-corrected chi connectivity index (χ1v) is 8.43. The summed E-state index contributed by atoms with van der Waals surface area (Å²) in [5, 5.41) is 8.89. The van der Waals surface area contributed by atoms with Gasteiger partial charge in [-0.05, 0) is 37.1 Å². The predicted octanol–water partition coefficient (Wildman–Crippen LogP) is 2.91. The van der Waals surface area contributed by atoms with Gasteiger partial charge in [0.25, 0.3) is 0 Å². The lowest BCUT2D eigenvalue weighted by atomic mass is 10.2. The second-order valence-electron chi connectivity index (χ2n) is 4.60. The zero-order valence-electron chi connectivity index (χ0n) is 10.4. The van der Waals surface area contributed by atoms with Gasteiger partial charge in [-0.3, -0.25) is 0 Å². The third-order valence-corrected chi connectivity index (χ3v) is 5.82. The van der Waals surface area contributed by atoms with Gasteiger partial charge in [0, 0.05) is 10.5 Å². The van der Waals surface area contributed by atoms with Crippen molar-refractivity contribution >= 4 is 26.0 Å². The van der Waals surface area contributed by atoms with Gasteiger partial charge in [-0.1, -0.05) is 28.8 Å². The van der Waals surface area contributed by atoms with Crippen molar-refractivity contribution in [3.8, 4) is 6.07 Å². The molecule has 0 aromatic heterocycles.